The summed E-state index contributed by atoms with van der Waals surface area (Å²) in [6.45, 7) is 1.98. The van der Waals surface area contributed by atoms with E-state index in [1.807, 2.05) is 13.0 Å². The average Bonchev–Trinajstić information content (AvgIpc) is 2.72. The van der Waals surface area contributed by atoms with Crippen LogP contribution in [0.15, 0.2) is 52.9 Å². The Morgan fingerprint density at radius 3 is 2.79 bits per heavy atom. The van der Waals surface area contributed by atoms with Crippen molar-refractivity contribution in [2.24, 2.45) is 10.7 Å². The summed E-state index contributed by atoms with van der Waals surface area (Å²) in [7, 11) is 0. The molecular weight excluding hydrogens is 373 g/mol. The lowest BCUT2D eigenvalue weighted by Gasteiger charge is -2.17. The first kappa shape index (κ1) is 20.0. The third-order valence-electron chi connectivity index (χ3n) is 4.47. The van der Waals surface area contributed by atoms with Crippen LogP contribution >= 0.6 is 0 Å². The molecule has 0 unspecified atom stereocenters. The topological polar surface area (TPSA) is 113 Å². The molecule has 0 saturated heterocycles. The summed E-state index contributed by atoms with van der Waals surface area (Å²) in [5, 5.41) is 11.4. The van der Waals surface area contributed by atoms with Gasteiger partial charge in [0, 0.05) is 18.3 Å². The highest BCUT2D eigenvalue weighted by atomic mass is 19.1. The van der Waals surface area contributed by atoms with Crippen molar-refractivity contribution >= 4 is 23.3 Å². The van der Waals surface area contributed by atoms with E-state index in [0.717, 1.165) is 37.0 Å². The number of amidine groups is 1. The molecule has 1 aliphatic carbocycles. The Morgan fingerprint density at radius 1 is 1.31 bits per heavy atom. The molecule has 1 aliphatic rings. The molecule has 1 aromatic heterocycles. The van der Waals surface area contributed by atoms with Crippen LogP contribution in [0.4, 0.5) is 15.8 Å². The predicted molar refractivity (Wildman–Crippen MR) is 107 cm³/mol. The zero-order chi connectivity index (χ0) is 20.8. The Kier molecular flexibility index (Phi) is 6.19. The van der Waals surface area contributed by atoms with Crippen LogP contribution in [0.2, 0.25) is 0 Å². The minimum Gasteiger partial charge on any atom is -0.431 e. The zero-order valence-electron chi connectivity index (χ0n) is 15.9. The second kappa shape index (κ2) is 8.97. The maximum Gasteiger partial charge on any atom is 0.292 e. The van der Waals surface area contributed by atoms with Gasteiger partial charge in [-0.3, -0.25) is 4.79 Å². The largest absolute Gasteiger partial charge is 0.431 e. The van der Waals surface area contributed by atoms with E-state index in [1.165, 1.54) is 36.5 Å². The monoisotopic (exact) mass is 393 g/mol. The van der Waals surface area contributed by atoms with E-state index < -0.39 is 11.7 Å². The molecule has 1 heterocycles. The summed E-state index contributed by atoms with van der Waals surface area (Å²) in [4.78, 5) is 20.2. The number of hydrogen-bond acceptors (Lipinski definition) is 5. The number of rotatable bonds is 4. The fourth-order valence-electron chi connectivity index (χ4n) is 2.90. The van der Waals surface area contributed by atoms with Crippen molar-refractivity contribution in [2.45, 2.75) is 32.6 Å². The van der Waals surface area contributed by atoms with Crippen molar-refractivity contribution in [3.8, 4) is 6.07 Å². The van der Waals surface area contributed by atoms with E-state index in [4.69, 9.17) is 15.7 Å². The first-order chi connectivity index (χ1) is 14.0. The van der Waals surface area contributed by atoms with E-state index in [-0.39, 0.29) is 17.4 Å². The molecular formula is C21H20FN5O2. The number of halogens is 1. The summed E-state index contributed by atoms with van der Waals surface area (Å²) in [5.41, 5.74) is 7.70. The van der Waals surface area contributed by atoms with Gasteiger partial charge in [-0.1, -0.05) is 0 Å². The van der Waals surface area contributed by atoms with Gasteiger partial charge in [-0.15, -0.1) is 0 Å². The second-order valence-corrected chi connectivity index (χ2v) is 6.63. The smallest absolute Gasteiger partial charge is 0.292 e. The molecule has 0 spiro atoms. The number of amides is 1. The van der Waals surface area contributed by atoms with Gasteiger partial charge in [-0.2, -0.15) is 10.3 Å². The third-order valence-corrected chi connectivity index (χ3v) is 4.47. The Labute approximate surface area is 167 Å². The zero-order valence-corrected chi connectivity index (χ0v) is 15.9. The van der Waals surface area contributed by atoms with Crippen molar-refractivity contribution < 1.29 is 13.9 Å². The Hall–Kier alpha value is -3.73. The normalized spacial score (nSPS) is 14.3. The standard InChI is InChI=1S/C21H20FN5O2/c1-13-4-2-3-5-19(13)29-21(24)27-18-10-15(7-8-16(18)22)26-20(28)17-9-6-14(11-23)12-25-17/h6-10,12H,2-5H2,1H3,(H2,24,27)(H,26,28). The van der Waals surface area contributed by atoms with Crippen LogP contribution in [0, 0.1) is 17.1 Å². The molecule has 1 aromatic carbocycles. The van der Waals surface area contributed by atoms with E-state index in [1.54, 1.807) is 0 Å². The minimum atomic E-state index is -0.597. The highest BCUT2D eigenvalue weighted by molar-refractivity contribution is 6.03. The van der Waals surface area contributed by atoms with Crippen LogP contribution in [0.5, 0.6) is 0 Å². The highest BCUT2D eigenvalue weighted by Gasteiger charge is 2.13. The van der Waals surface area contributed by atoms with Crippen molar-refractivity contribution in [3.05, 3.63) is 64.9 Å². The van der Waals surface area contributed by atoms with Crippen LogP contribution in [-0.4, -0.2) is 16.9 Å². The first-order valence-corrected chi connectivity index (χ1v) is 9.14. The number of allylic oxidation sites excluding steroid dienone is 2. The van der Waals surface area contributed by atoms with Crippen molar-refractivity contribution in [3.63, 3.8) is 0 Å². The number of nitrogens with zero attached hydrogens (tertiary/aromatic N) is 3. The molecule has 0 bridgehead atoms. The SMILES string of the molecule is CC1=C(O/C(N)=N\c2cc(NC(=O)c3ccc(C#N)cn3)ccc2F)CCCC1. The number of carbonyl (C=O) groups excluding carboxylic acids is 1. The first-order valence-electron chi connectivity index (χ1n) is 9.14. The van der Waals surface area contributed by atoms with Crippen molar-refractivity contribution in [1.29, 1.82) is 5.26 Å². The highest BCUT2D eigenvalue weighted by Crippen LogP contribution is 2.26. The maximum atomic E-state index is 14.1. The predicted octanol–water partition coefficient (Wildman–Crippen LogP) is 4.16. The van der Waals surface area contributed by atoms with Gasteiger partial charge in [0.2, 0.25) is 0 Å². The fraction of sp³-hybridized carbons (Fsp3) is 0.238. The number of ether oxygens (including phenoxy) is 1. The van der Waals surface area contributed by atoms with E-state index in [9.17, 15) is 9.18 Å². The molecule has 0 atom stereocenters. The Balaban J connectivity index is 1.75. The lowest BCUT2D eigenvalue weighted by molar-refractivity contribution is 0.102. The van der Waals surface area contributed by atoms with Gasteiger partial charge in [0.05, 0.1) is 5.56 Å². The number of nitrogens with two attached hydrogens (primary N) is 1. The van der Waals surface area contributed by atoms with Gasteiger partial charge in [0.15, 0.2) is 0 Å². The maximum absolute atomic E-state index is 14.1. The number of hydrogen-bond donors (Lipinski definition) is 2. The van der Waals surface area contributed by atoms with Gasteiger partial charge < -0.3 is 15.8 Å². The fourth-order valence-corrected chi connectivity index (χ4v) is 2.90. The van der Waals surface area contributed by atoms with Gasteiger partial charge in [0.25, 0.3) is 11.9 Å². The van der Waals surface area contributed by atoms with Crippen LogP contribution in [0.3, 0.4) is 0 Å². The summed E-state index contributed by atoms with van der Waals surface area (Å²) in [6, 6.07) is 8.63. The van der Waals surface area contributed by atoms with Gasteiger partial charge in [0.1, 0.15) is 29.0 Å². The average molecular weight is 393 g/mol. The van der Waals surface area contributed by atoms with E-state index in [0.29, 0.717) is 11.3 Å². The molecule has 2 aromatic rings. The number of benzene rings is 1. The third kappa shape index (κ3) is 5.17. The second-order valence-electron chi connectivity index (χ2n) is 6.63. The summed E-state index contributed by atoms with van der Waals surface area (Å²) in [5.74, 6) is -0.321. The summed E-state index contributed by atoms with van der Waals surface area (Å²) >= 11 is 0. The number of aliphatic imine (C=N–C) groups is 1. The molecule has 148 valence electrons. The van der Waals surface area contributed by atoms with Gasteiger partial charge in [-0.05, 0) is 62.1 Å². The van der Waals surface area contributed by atoms with Crippen molar-refractivity contribution in [1.82, 2.24) is 4.98 Å². The lowest BCUT2D eigenvalue weighted by atomic mass is 9.99. The number of nitrogens with one attached hydrogen (secondary N) is 1. The molecule has 3 rings (SSSR count). The number of nitriles is 1. The lowest BCUT2D eigenvalue weighted by Crippen LogP contribution is -2.17. The molecule has 0 fully saturated rings. The molecule has 0 aliphatic heterocycles. The Morgan fingerprint density at radius 2 is 2.10 bits per heavy atom. The van der Waals surface area contributed by atoms with E-state index >= 15 is 0 Å². The molecule has 0 saturated carbocycles. The molecule has 7 nitrogen and oxygen atoms in total. The molecule has 3 N–H and O–H groups in total. The van der Waals surface area contributed by atoms with Crippen LogP contribution < -0.4 is 11.1 Å². The number of carbonyl (C=O) groups is 1. The number of pyridine rings is 1. The number of aromatic nitrogens is 1. The van der Waals surface area contributed by atoms with Crippen LogP contribution in [0.1, 0.15) is 48.7 Å². The molecule has 8 heteroatoms. The quantitative estimate of drug-likeness (QED) is 0.598. The summed E-state index contributed by atoms with van der Waals surface area (Å²) < 4.78 is 19.7. The minimum absolute atomic E-state index is 0.0536. The molecule has 29 heavy (non-hydrogen) atoms. The summed E-state index contributed by atoms with van der Waals surface area (Å²) in [6.07, 6.45) is 5.15. The van der Waals surface area contributed by atoms with Gasteiger partial charge in [-0.25, -0.2) is 9.37 Å². The molecule has 1 amide bonds. The van der Waals surface area contributed by atoms with Crippen LogP contribution in [-0.2, 0) is 4.74 Å². The molecule has 0 radical (unpaired) electrons. The van der Waals surface area contributed by atoms with E-state index in [2.05, 4.69) is 15.3 Å². The van der Waals surface area contributed by atoms with Crippen LogP contribution in [0.25, 0.3) is 0 Å². The number of anilines is 1. The Bertz CT molecular complexity index is 1020. The van der Waals surface area contributed by atoms with Crippen molar-refractivity contribution in [2.75, 3.05) is 5.32 Å². The van der Waals surface area contributed by atoms with Gasteiger partial charge >= 0.3 is 0 Å².